The molecule has 0 saturated carbocycles. The SMILES string of the molecule is COc1ccc(C2C(C(=O)Nc3ccc(CC#N)cc3)CCC(=O)N2c2ccc(C)cc2)cc1. The monoisotopic (exact) mass is 453 g/mol. The molecular weight excluding hydrogens is 426 g/mol. The van der Waals surface area contributed by atoms with Crippen molar-refractivity contribution in [3.8, 4) is 11.8 Å². The topological polar surface area (TPSA) is 82.4 Å². The van der Waals surface area contributed by atoms with Crippen LogP contribution in [0.2, 0.25) is 0 Å². The summed E-state index contributed by atoms with van der Waals surface area (Å²) < 4.78 is 5.30. The zero-order chi connectivity index (χ0) is 24.1. The molecule has 0 aliphatic carbocycles. The normalized spacial score (nSPS) is 17.7. The lowest BCUT2D eigenvalue weighted by molar-refractivity contribution is -0.125. The molecule has 0 aromatic heterocycles. The van der Waals surface area contributed by atoms with Gasteiger partial charge < -0.3 is 15.0 Å². The number of nitriles is 1. The number of benzene rings is 3. The zero-order valence-electron chi connectivity index (χ0n) is 19.3. The van der Waals surface area contributed by atoms with Gasteiger partial charge in [-0.15, -0.1) is 0 Å². The number of hydrogen-bond acceptors (Lipinski definition) is 4. The van der Waals surface area contributed by atoms with E-state index < -0.39 is 12.0 Å². The molecule has 4 rings (SSSR count). The predicted molar refractivity (Wildman–Crippen MR) is 132 cm³/mol. The number of nitrogens with zero attached hydrogens (tertiary/aromatic N) is 2. The average molecular weight is 454 g/mol. The summed E-state index contributed by atoms with van der Waals surface area (Å²) in [4.78, 5) is 28.4. The Bertz CT molecular complexity index is 1200. The maximum Gasteiger partial charge on any atom is 0.229 e. The highest BCUT2D eigenvalue weighted by atomic mass is 16.5. The van der Waals surface area contributed by atoms with Crippen molar-refractivity contribution in [2.24, 2.45) is 5.92 Å². The quantitative estimate of drug-likeness (QED) is 0.557. The van der Waals surface area contributed by atoms with E-state index in [4.69, 9.17) is 10.00 Å². The number of carbonyl (C=O) groups is 2. The van der Waals surface area contributed by atoms with Crippen LogP contribution in [0.1, 0.15) is 35.6 Å². The van der Waals surface area contributed by atoms with Gasteiger partial charge in [0.1, 0.15) is 5.75 Å². The predicted octanol–water partition coefficient (Wildman–Crippen LogP) is 5.19. The van der Waals surface area contributed by atoms with E-state index in [0.29, 0.717) is 30.7 Å². The van der Waals surface area contributed by atoms with E-state index in [1.165, 1.54) is 0 Å². The summed E-state index contributed by atoms with van der Waals surface area (Å²) in [6.07, 6.45) is 1.07. The van der Waals surface area contributed by atoms with Gasteiger partial charge >= 0.3 is 0 Å². The van der Waals surface area contributed by atoms with Gasteiger partial charge in [0.05, 0.1) is 31.6 Å². The zero-order valence-corrected chi connectivity index (χ0v) is 19.3. The molecular formula is C28H27N3O3. The molecule has 2 unspecified atom stereocenters. The highest BCUT2D eigenvalue weighted by molar-refractivity contribution is 6.00. The van der Waals surface area contributed by atoms with Crippen molar-refractivity contribution in [3.63, 3.8) is 0 Å². The summed E-state index contributed by atoms with van der Waals surface area (Å²) in [6.45, 7) is 2.00. The van der Waals surface area contributed by atoms with Crippen molar-refractivity contribution in [1.82, 2.24) is 0 Å². The molecule has 0 radical (unpaired) electrons. The fourth-order valence-electron chi connectivity index (χ4n) is 4.39. The number of hydrogen-bond donors (Lipinski definition) is 1. The lowest BCUT2D eigenvalue weighted by Crippen LogP contribution is -2.47. The number of piperidine rings is 1. The Labute approximate surface area is 199 Å². The Kier molecular flexibility index (Phi) is 6.93. The molecule has 6 nitrogen and oxygen atoms in total. The molecule has 1 fully saturated rings. The van der Waals surface area contributed by atoms with Crippen molar-refractivity contribution in [2.45, 2.75) is 32.2 Å². The lowest BCUT2D eigenvalue weighted by Gasteiger charge is -2.41. The van der Waals surface area contributed by atoms with Crippen LogP contribution in [0.4, 0.5) is 11.4 Å². The van der Waals surface area contributed by atoms with Crippen LogP contribution in [0.3, 0.4) is 0 Å². The van der Waals surface area contributed by atoms with Crippen LogP contribution in [0.15, 0.2) is 72.8 Å². The van der Waals surface area contributed by atoms with Gasteiger partial charge in [0.15, 0.2) is 0 Å². The second kappa shape index (κ2) is 10.2. The first-order valence-electron chi connectivity index (χ1n) is 11.3. The number of carbonyl (C=O) groups excluding carboxylic acids is 2. The molecule has 1 saturated heterocycles. The number of nitrogens with one attached hydrogen (secondary N) is 1. The van der Waals surface area contributed by atoms with Crippen LogP contribution in [-0.2, 0) is 16.0 Å². The number of amides is 2. The van der Waals surface area contributed by atoms with Crippen molar-refractivity contribution < 1.29 is 14.3 Å². The van der Waals surface area contributed by atoms with Crippen LogP contribution in [0, 0.1) is 24.2 Å². The van der Waals surface area contributed by atoms with Crippen molar-refractivity contribution in [2.75, 3.05) is 17.3 Å². The van der Waals surface area contributed by atoms with Crippen LogP contribution in [0.25, 0.3) is 0 Å². The Morgan fingerprint density at radius 1 is 1.06 bits per heavy atom. The van der Waals surface area contributed by atoms with Gasteiger partial charge in [0.25, 0.3) is 0 Å². The molecule has 3 aromatic carbocycles. The lowest BCUT2D eigenvalue weighted by atomic mass is 9.83. The Morgan fingerprint density at radius 2 is 1.74 bits per heavy atom. The Hall–Kier alpha value is -4.11. The highest BCUT2D eigenvalue weighted by Gasteiger charge is 2.41. The minimum Gasteiger partial charge on any atom is -0.497 e. The molecule has 172 valence electrons. The maximum absolute atomic E-state index is 13.5. The standard InChI is InChI=1S/C28H27N3O3/c1-19-3-11-23(12-4-19)31-26(32)16-15-25(27(31)21-7-13-24(34-2)14-8-21)28(33)30-22-9-5-20(6-10-22)17-18-29/h3-14,25,27H,15-17H2,1-2H3,(H,30,33). The number of methoxy groups -OCH3 is 1. The highest BCUT2D eigenvalue weighted by Crippen LogP contribution is 2.41. The number of anilines is 2. The molecule has 3 aromatic rings. The summed E-state index contributed by atoms with van der Waals surface area (Å²) in [5, 5.41) is 11.9. The molecule has 1 N–H and O–H groups in total. The van der Waals surface area contributed by atoms with E-state index in [2.05, 4.69) is 11.4 Å². The summed E-state index contributed by atoms with van der Waals surface area (Å²) in [5.74, 6) is 0.130. The molecule has 6 heteroatoms. The van der Waals surface area contributed by atoms with E-state index >= 15 is 0 Å². The fourth-order valence-corrected chi connectivity index (χ4v) is 4.39. The van der Waals surface area contributed by atoms with Crippen LogP contribution in [0.5, 0.6) is 5.75 Å². The fraction of sp³-hybridized carbons (Fsp3) is 0.250. The van der Waals surface area contributed by atoms with E-state index in [-0.39, 0.29) is 11.8 Å². The second-order valence-corrected chi connectivity index (χ2v) is 8.48. The van der Waals surface area contributed by atoms with E-state index in [1.807, 2.05) is 67.6 Å². The van der Waals surface area contributed by atoms with E-state index in [0.717, 1.165) is 22.4 Å². The van der Waals surface area contributed by atoms with Gasteiger partial charge in [-0.2, -0.15) is 5.26 Å². The molecule has 0 spiro atoms. The van der Waals surface area contributed by atoms with Crippen molar-refractivity contribution in [1.29, 1.82) is 5.26 Å². The van der Waals surface area contributed by atoms with Crippen molar-refractivity contribution >= 4 is 23.2 Å². The molecule has 2 atom stereocenters. The molecule has 1 aliphatic rings. The third-order valence-electron chi connectivity index (χ3n) is 6.21. The molecule has 34 heavy (non-hydrogen) atoms. The molecule has 2 amide bonds. The van der Waals surface area contributed by atoms with Crippen LogP contribution < -0.4 is 15.0 Å². The van der Waals surface area contributed by atoms with Gasteiger partial charge in [0.2, 0.25) is 11.8 Å². The van der Waals surface area contributed by atoms with Crippen LogP contribution >= 0.6 is 0 Å². The minimum absolute atomic E-state index is 0.00502. The Morgan fingerprint density at radius 3 is 2.35 bits per heavy atom. The summed E-state index contributed by atoms with van der Waals surface area (Å²) >= 11 is 0. The first-order valence-corrected chi connectivity index (χ1v) is 11.3. The number of rotatable bonds is 6. The van der Waals surface area contributed by atoms with Gasteiger partial charge in [0, 0.05) is 17.8 Å². The van der Waals surface area contributed by atoms with Gasteiger partial charge in [-0.25, -0.2) is 0 Å². The number of ether oxygens (including phenoxy) is 1. The maximum atomic E-state index is 13.5. The first kappa shape index (κ1) is 23.1. The average Bonchev–Trinajstić information content (AvgIpc) is 2.86. The third-order valence-corrected chi connectivity index (χ3v) is 6.21. The number of aryl methyl sites for hydroxylation is 1. The molecule has 1 aliphatic heterocycles. The largest absolute Gasteiger partial charge is 0.497 e. The van der Waals surface area contributed by atoms with Crippen LogP contribution in [-0.4, -0.2) is 18.9 Å². The Balaban J connectivity index is 1.68. The van der Waals surface area contributed by atoms with Gasteiger partial charge in [-0.1, -0.05) is 42.0 Å². The second-order valence-electron chi connectivity index (χ2n) is 8.48. The molecule has 1 heterocycles. The summed E-state index contributed by atoms with van der Waals surface area (Å²) in [7, 11) is 1.61. The third kappa shape index (κ3) is 4.94. The van der Waals surface area contributed by atoms with E-state index in [9.17, 15) is 9.59 Å². The van der Waals surface area contributed by atoms with Crippen molar-refractivity contribution in [3.05, 3.63) is 89.5 Å². The van der Waals surface area contributed by atoms with E-state index in [1.54, 1.807) is 24.1 Å². The minimum atomic E-state index is -0.451. The molecule has 0 bridgehead atoms. The van der Waals surface area contributed by atoms with Gasteiger partial charge in [-0.3, -0.25) is 9.59 Å². The van der Waals surface area contributed by atoms with Gasteiger partial charge in [-0.05, 0) is 60.9 Å². The summed E-state index contributed by atoms with van der Waals surface area (Å²) in [5.41, 5.74) is 4.31. The summed E-state index contributed by atoms with van der Waals surface area (Å²) in [6, 6.07) is 24.3. The smallest absolute Gasteiger partial charge is 0.229 e. The first-order chi connectivity index (χ1) is 16.5.